The minimum Gasteiger partial charge on any atom is -0.493 e. The van der Waals surface area contributed by atoms with Gasteiger partial charge in [0.2, 0.25) is 0 Å². The molecule has 0 N–H and O–H groups in total. The zero-order chi connectivity index (χ0) is 20.6. The van der Waals surface area contributed by atoms with Gasteiger partial charge in [-0.25, -0.2) is 4.79 Å². The third-order valence-corrected chi connectivity index (χ3v) is 3.57. The molecule has 0 heterocycles. The van der Waals surface area contributed by atoms with Crippen LogP contribution in [0.25, 0.3) is 0 Å². The summed E-state index contributed by atoms with van der Waals surface area (Å²) in [6.45, 7) is 3.47. The number of ether oxygens (including phenoxy) is 3. The molecule has 1 atom stereocenters. The molecule has 146 valence electrons. The first-order valence-electron chi connectivity index (χ1n) is 8.08. The highest BCUT2D eigenvalue weighted by Gasteiger charge is 2.29. The van der Waals surface area contributed by atoms with E-state index in [1.54, 1.807) is 6.92 Å². The second-order valence-electron chi connectivity index (χ2n) is 5.43. The maximum Gasteiger partial charge on any atom is 0.346 e. The van der Waals surface area contributed by atoms with Gasteiger partial charge < -0.3 is 19.1 Å². The number of nitriles is 1. The van der Waals surface area contributed by atoms with Gasteiger partial charge >= 0.3 is 5.97 Å². The quantitative estimate of drug-likeness (QED) is 0.361. The molecule has 27 heavy (non-hydrogen) atoms. The highest BCUT2D eigenvalue weighted by atomic mass is 16.6. The predicted molar refractivity (Wildman–Crippen MR) is 93.6 cm³/mol. The Morgan fingerprint density at radius 1 is 1.37 bits per heavy atom. The van der Waals surface area contributed by atoms with Gasteiger partial charge in [-0.05, 0) is 13.8 Å². The maximum atomic E-state index is 12.4. The lowest BCUT2D eigenvalue weighted by Crippen LogP contribution is -2.38. The Kier molecular flexibility index (Phi) is 8.00. The summed E-state index contributed by atoms with van der Waals surface area (Å²) < 4.78 is 15.4. The molecule has 0 aromatic heterocycles. The van der Waals surface area contributed by atoms with Gasteiger partial charge in [0.1, 0.15) is 5.56 Å². The Hall–Kier alpha value is -3.35. The first kappa shape index (κ1) is 21.7. The minimum atomic E-state index is -1.18. The van der Waals surface area contributed by atoms with E-state index in [1.165, 1.54) is 26.0 Å². The predicted octanol–water partition coefficient (Wildman–Crippen LogP) is 1.92. The fraction of sp³-hybridized carbons (Fsp3) is 0.471. The molecule has 10 heteroatoms. The van der Waals surface area contributed by atoms with Gasteiger partial charge in [0.15, 0.2) is 17.6 Å². The van der Waals surface area contributed by atoms with Crippen LogP contribution in [0.2, 0.25) is 0 Å². The molecular formula is C17H21N3O7. The molecule has 1 aromatic carbocycles. The number of rotatable bonds is 9. The average molecular weight is 379 g/mol. The van der Waals surface area contributed by atoms with Crippen LogP contribution in [0, 0.1) is 21.4 Å². The molecule has 0 unspecified atom stereocenters. The number of hydrogen-bond donors (Lipinski definition) is 0. The number of hydrogen-bond acceptors (Lipinski definition) is 8. The number of amides is 1. The van der Waals surface area contributed by atoms with E-state index in [1.807, 2.05) is 6.07 Å². The molecular weight excluding hydrogens is 358 g/mol. The smallest absolute Gasteiger partial charge is 0.346 e. The van der Waals surface area contributed by atoms with Crippen molar-refractivity contribution >= 4 is 17.6 Å². The van der Waals surface area contributed by atoms with Crippen molar-refractivity contribution in [1.29, 1.82) is 5.26 Å². The van der Waals surface area contributed by atoms with Gasteiger partial charge in [-0.1, -0.05) is 0 Å². The molecule has 0 saturated heterocycles. The van der Waals surface area contributed by atoms with Crippen LogP contribution < -0.4 is 9.47 Å². The molecule has 10 nitrogen and oxygen atoms in total. The lowest BCUT2D eigenvalue weighted by molar-refractivity contribution is -0.385. The number of likely N-dealkylation sites (N-methyl/N-ethyl adjacent to an activating group) is 1. The fourth-order valence-electron chi connectivity index (χ4n) is 2.20. The van der Waals surface area contributed by atoms with Gasteiger partial charge in [-0.15, -0.1) is 0 Å². The van der Waals surface area contributed by atoms with Crippen molar-refractivity contribution < 1.29 is 28.7 Å². The van der Waals surface area contributed by atoms with E-state index >= 15 is 0 Å². The van der Waals surface area contributed by atoms with Gasteiger partial charge in [-0.3, -0.25) is 14.9 Å². The lowest BCUT2D eigenvalue weighted by Gasteiger charge is -2.20. The van der Waals surface area contributed by atoms with Crippen LogP contribution in [-0.4, -0.2) is 55.1 Å². The van der Waals surface area contributed by atoms with Gasteiger partial charge in [-0.2, -0.15) is 5.26 Å². The normalized spacial score (nSPS) is 11.1. The maximum absolute atomic E-state index is 12.4. The van der Waals surface area contributed by atoms with E-state index in [-0.39, 0.29) is 36.6 Å². The second kappa shape index (κ2) is 9.96. The number of carbonyl (C=O) groups excluding carboxylic acids is 2. The van der Waals surface area contributed by atoms with Crippen molar-refractivity contribution in [2.75, 3.05) is 27.3 Å². The third kappa shape index (κ3) is 5.57. The summed E-state index contributed by atoms with van der Waals surface area (Å²) in [6.07, 6.45) is -1.05. The summed E-state index contributed by atoms with van der Waals surface area (Å²) in [5.74, 6) is -1.33. The Labute approximate surface area is 156 Å². The second-order valence-corrected chi connectivity index (χ2v) is 5.43. The van der Waals surface area contributed by atoms with Gasteiger partial charge in [0, 0.05) is 19.7 Å². The van der Waals surface area contributed by atoms with Crippen LogP contribution >= 0.6 is 0 Å². The Balaban J connectivity index is 3.10. The van der Waals surface area contributed by atoms with E-state index in [9.17, 15) is 19.7 Å². The molecule has 0 saturated carbocycles. The fourth-order valence-corrected chi connectivity index (χ4v) is 2.20. The van der Waals surface area contributed by atoms with Crippen molar-refractivity contribution in [3.63, 3.8) is 0 Å². The number of carbonyl (C=O) groups is 2. The number of nitrogens with zero attached hydrogens (tertiary/aromatic N) is 3. The number of benzene rings is 1. The topological polar surface area (TPSA) is 132 Å². The van der Waals surface area contributed by atoms with Gasteiger partial charge in [0.25, 0.3) is 11.6 Å². The van der Waals surface area contributed by atoms with Crippen LogP contribution in [0.4, 0.5) is 5.69 Å². The van der Waals surface area contributed by atoms with Crippen molar-refractivity contribution in [2.45, 2.75) is 26.4 Å². The van der Waals surface area contributed by atoms with Crippen LogP contribution in [-0.2, 0) is 9.53 Å². The minimum absolute atomic E-state index is 0.114. The third-order valence-electron chi connectivity index (χ3n) is 3.57. The van der Waals surface area contributed by atoms with Crippen molar-refractivity contribution in [1.82, 2.24) is 4.90 Å². The number of nitro benzene ring substituents is 1. The Morgan fingerprint density at radius 2 is 2.04 bits per heavy atom. The highest BCUT2D eigenvalue weighted by Crippen LogP contribution is 2.35. The van der Waals surface area contributed by atoms with E-state index in [0.29, 0.717) is 0 Å². The summed E-state index contributed by atoms with van der Waals surface area (Å²) in [4.78, 5) is 36.4. The van der Waals surface area contributed by atoms with Crippen LogP contribution in [0.1, 0.15) is 30.6 Å². The molecule has 0 aliphatic heterocycles. The average Bonchev–Trinajstić information content (AvgIpc) is 2.64. The van der Waals surface area contributed by atoms with Crippen molar-refractivity contribution in [2.24, 2.45) is 0 Å². The molecule has 1 rings (SSSR count). The lowest BCUT2D eigenvalue weighted by atomic mass is 10.1. The summed E-state index contributed by atoms with van der Waals surface area (Å²) in [5.41, 5.74) is -0.888. The van der Waals surface area contributed by atoms with Crippen molar-refractivity contribution in [3.8, 4) is 17.6 Å². The van der Waals surface area contributed by atoms with Gasteiger partial charge in [0.05, 0.1) is 37.2 Å². The molecule has 0 radical (unpaired) electrons. The first-order chi connectivity index (χ1) is 12.8. The zero-order valence-electron chi connectivity index (χ0n) is 15.6. The van der Waals surface area contributed by atoms with E-state index < -0.39 is 28.6 Å². The first-order valence-corrected chi connectivity index (χ1v) is 8.08. The standard InChI is InChI=1S/C17H21N3O7/c1-5-26-15-10-13(20(23)24)12(9-14(15)25-4)17(22)27-11(2)16(21)19(3)8-6-7-18/h9-11H,5-6,8H2,1-4H3/t11-/m0/s1. The van der Waals surface area contributed by atoms with E-state index in [2.05, 4.69) is 0 Å². The molecule has 1 aromatic rings. The molecule has 0 aliphatic rings. The van der Waals surface area contributed by atoms with Crippen molar-refractivity contribution in [3.05, 3.63) is 27.8 Å². The molecule has 0 fully saturated rings. The summed E-state index contributed by atoms with van der Waals surface area (Å²) in [7, 11) is 2.79. The summed E-state index contributed by atoms with van der Waals surface area (Å²) in [5, 5.41) is 19.9. The summed E-state index contributed by atoms with van der Waals surface area (Å²) in [6, 6.07) is 4.12. The molecule has 0 bridgehead atoms. The number of nitro groups is 1. The Bertz CT molecular complexity index is 758. The molecule has 0 aliphatic carbocycles. The van der Waals surface area contributed by atoms with E-state index in [4.69, 9.17) is 19.5 Å². The molecule has 1 amide bonds. The zero-order valence-corrected chi connectivity index (χ0v) is 15.6. The van der Waals surface area contributed by atoms with Crippen LogP contribution in [0.15, 0.2) is 12.1 Å². The highest BCUT2D eigenvalue weighted by molar-refractivity contribution is 5.96. The number of esters is 1. The van der Waals surface area contributed by atoms with E-state index in [0.717, 1.165) is 12.1 Å². The largest absolute Gasteiger partial charge is 0.493 e. The molecule has 0 spiro atoms. The van der Waals surface area contributed by atoms with Crippen LogP contribution in [0.5, 0.6) is 11.5 Å². The van der Waals surface area contributed by atoms with Crippen LogP contribution in [0.3, 0.4) is 0 Å². The monoisotopic (exact) mass is 379 g/mol. The SMILES string of the molecule is CCOc1cc([N+](=O)[O-])c(C(=O)O[C@@H](C)C(=O)N(C)CCC#N)cc1OC. The number of methoxy groups -OCH3 is 1. The summed E-state index contributed by atoms with van der Waals surface area (Å²) >= 11 is 0. The Morgan fingerprint density at radius 3 is 2.56 bits per heavy atom.